The molecule has 1 saturated heterocycles. The number of fused-ring (bicyclic) bond motifs is 1. The molecule has 0 aliphatic carbocycles. The van der Waals surface area contributed by atoms with E-state index in [0.29, 0.717) is 12.5 Å². The van der Waals surface area contributed by atoms with Gasteiger partial charge in [0.1, 0.15) is 17.3 Å². The lowest BCUT2D eigenvalue weighted by Crippen LogP contribution is -2.42. The highest BCUT2D eigenvalue weighted by Crippen LogP contribution is 2.23. The quantitative estimate of drug-likeness (QED) is 0.440. The molecule has 0 amide bonds. The second-order valence-corrected chi connectivity index (χ2v) is 9.67. The third kappa shape index (κ3) is 5.09. The number of piperidine rings is 1. The molecule has 0 unspecified atom stereocenters. The van der Waals surface area contributed by atoms with Crippen LogP contribution in [0.3, 0.4) is 0 Å². The highest BCUT2D eigenvalue weighted by Gasteiger charge is 2.22. The molecule has 0 spiro atoms. The van der Waals surface area contributed by atoms with E-state index in [1.54, 1.807) is 0 Å². The van der Waals surface area contributed by atoms with E-state index >= 15 is 0 Å². The minimum Gasteiger partial charge on any atom is -0.356 e. The maximum absolute atomic E-state index is 5.01. The minimum absolute atomic E-state index is 0.636. The Morgan fingerprint density at radius 1 is 0.912 bits per heavy atom. The van der Waals surface area contributed by atoms with Crippen LogP contribution in [0.25, 0.3) is 5.65 Å². The van der Waals surface area contributed by atoms with E-state index in [4.69, 9.17) is 15.0 Å². The molecule has 4 aromatic heterocycles. The molecule has 0 atom stereocenters. The lowest BCUT2D eigenvalue weighted by atomic mass is 10.0. The summed E-state index contributed by atoms with van der Waals surface area (Å²) in [6, 6.07) is 11.3. The van der Waals surface area contributed by atoms with Gasteiger partial charge in [-0.05, 0) is 76.2 Å². The van der Waals surface area contributed by atoms with Crippen LogP contribution in [0.4, 0.5) is 5.82 Å². The molecule has 1 fully saturated rings. The van der Waals surface area contributed by atoms with Crippen molar-refractivity contribution in [2.75, 3.05) is 32.1 Å². The summed E-state index contributed by atoms with van der Waals surface area (Å²) in [5.41, 5.74) is 6.46. The van der Waals surface area contributed by atoms with Crippen molar-refractivity contribution in [2.24, 2.45) is 0 Å². The van der Waals surface area contributed by atoms with E-state index in [1.807, 2.05) is 23.7 Å². The van der Waals surface area contributed by atoms with Gasteiger partial charge in [0.25, 0.3) is 0 Å². The first kappa shape index (κ1) is 22.5. The molecule has 34 heavy (non-hydrogen) atoms. The van der Waals surface area contributed by atoms with Gasteiger partial charge in [0.05, 0.1) is 12.1 Å². The van der Waals surface area contributed by atoms with Crippen LogP contribution in [-0.4, -0.2) is 62.5 Å². The van der Waals surface area contributed by atoms with Crippen molar-refractivity contribution in [3.8, 4) is 0 Å². The fourth-order valence-electron chi connectivity index (χ4n) is 4.93. The summed E-state index contributed by atoms with van der Waals surface area (Å²) in [4.78, 5) is 23.9. The van der Waals surface area contributed by atoms with Crippen molar-refractivity contribution in [1.82, 2.24) is 29.2 Å². The Balaban J connectivity index is 1.45. The number of pyridine rings is 2. The van der Waals surface area contributed by atoms with Gasteiger partial charge in [0.2, 0.25) is 0 Å². The van der Waals surface area contributed by atoms with Crippen LogP contribution in [0.15, 0.2) is 48.9 Å². The first-order chi connectivity index (χ1) is 16.4. The molecule has 0 saturated carbocycles. The Hall–Kier alpha value is -3.32. The van der Waals surface area contributed by atoms with Crippen LogP contribution < -0.4 is 4.90 Å². The van der Waals surface area contributed by atoms with Gasteiger partial charge in [-0.25, -0.2) is 15.0 Å². The number of anilines is 1. The summed E-state index contributed by atoms with van der Waals surface area (Å²) in [6.45, 7) is 6.18. The molecular formula is C27H33N7. The minimum atomic E-state index is 0.636. The van der Waals surface area contributed by atoms with E-state index in [9.17, 15) is 0 Å². The largest absolute Gasteiger partial charge is 0.356 e. The number of nitrogens with zero attached hydrogens (tertiary/aromatic N) is 7. The van der Waals surface area contributed by atoms with Crippen LogP contribution in [0.2, 0.25) is 0 Å². The zero-order valence-electron chi connectivity index (χ0n) is 20.6. The molecule has 0 bridgehead atoms. The molecule has 1 aliphatic heterocycles. The van der Waals surface area contributed by atoms with Crippen molar-refractivity contribution in [1.29, 1.82) is 0 Å². The molecule has 1 aliphatic rings. The summed E-state index contributed by atoms with van der Waals surface area (Å²) in [6.07, 6.45) is 9.54. The Morgan fingerprint density at radius 2 is 1.71 bits per heavy atom. The predicted molar refractivity (Wildman–Crippen MR) is 135 cm³/mol. The molecule has 0 N–H and O–H groups in total. The lowest BCUT2D eigenvalue weighted by molar-refractivity contribution is 0.249. The van der Waals surface area contributed by atoms with Crippen LogP contribution >= 0.6 is 0 Å². The molecule has 7 heteroatoms. The van der Waals surface area contributed by atoms with Gasteiger partial charge < -0.3 is 14.2 Å². The first-order valence-electron chi connectivity index (χ1n) is 12.1. The fraction of sp³-hybridized carbons (Fsp3) is 0.407. The van der Waals surface area contributed by atoms with Crippen molar-refractivity contribution in [3.63, 3.8) is 0 Å². The fourth-order valence-corrected chi connectivity index (χ4v) is 4.93. The average Bonchev–Trinajstić information content (AvgIpc) is 3.26. The smallest absolute Gasteiger partial charge is 0.136 e. The summed E-state index contributed by atoms with van der Waals surface area (Å²) in [7, 11) is 4.35. The number of hydrogen-bond acceptors (Lipinski definition) is 6. The van der Waals surface area contributed by atoms with Crippen LogP contribution in [0, 0.1) is 13.8 Å². The van der Waals surface area contributed by atoms with E-state index in [0.717, 1.165) is 66.7 Å². The Kier molecular flexibility index (Phi) is 6.28. The van der Waals surface area contributed by atoms with Gasteiger partial charge in [0, 0.05) is 61.6 Å². The number of rotatable bonds is 6. The molecular weight excluding hydrogens is 422 g/mol. The predicted octanol–water partition coefficient (Wildman–Crippen LogP) is 3.85. The number of aryl methyl sites for hydroxylation is 2. The van der Waals surface area contributed by atoms with Gasteiger partial charge in [-0.15, -0.1) is 0 Å². The normalized spacial score (nSPS) is 14.9. The molecule has 0 aromatic carbocycles. The van der Waals surface area contributed by atoms with Crippen molar-refractivity contribution in [3.05, 3.63) is 83.0 Å². The van der Waals surface area contributed by atoms with Crippen LogP contribution in [0.1, 0.15) is 46.9 Å². The zero-order valence-corrected chi connectivity index (χ0v) is 20.6. The molecule has 5 rings (SSSR count). The molecule has 7 nitrogen and oxygen atoms in total. The third-order valence-corrected chi connectivity index (χ3v) is 6.67. The molecule has 4 aromatic rings. The van der Waals surface area contributed by atoms with E-state index in [1.165, 1.54) is 11.1 Å². The van der Waals surface area contributed by atoms with E-state index in [-0.39, 0.29) is 0 Å². The van der Waals surface area contributed by atoms with Gasteiger partial charge in [0.15, 0.2) is 0 Å². The second kappa shape index (κ2) is 9.50. The summed E-state index contributed by atoms with van der Waals surface area (Å²) in [5.74, 6) is 1.87. The number of hydrogen-bond donors (Lipinski definition) is 0. The summed E-state index contributed by atoms with van der Waals surface area (Å²) in [5, 5.41) is 0. The number of imidazole rings is 1. The van der Waals surface area contributed by atoms with E-state index in [2.05, 4.69) is 72.3 Å². The molecule has 176 valence electrons. The maximum atomic E-state index is 5.01. The van der Waals surface area contributed by atoms with Crippen molar-refractivity contribution < 1.29 is 0 Å². The Morgan fingerprint density at radius 3 is 2.47 bits per heavy atom. The maximum Gasteiger partial charge on any atom is 0.136 e. The topological polar surface area (TPSA) is 62.5 Å². The van der Waals surface area contributed by atoms with Gasteiger partial charge in [-0.1, -0.05) is 0 Å². The van der Waals surface area contributed by atoms with Gasteiger partial charge >= 0.3 is 0 Å². The van der Waals surface area contributed by atoms with Crippen LogP contribution in [0.5, 0.6) is 0 Å². The van der Waals surface area contributed by atoms with Crippen LogP contribution in [-0.2, 0) is 12.8 Å². The monoisotopic (exact) mass is 455 g/mol. The number of aromatic nitrogens is 5. The second-order valence-electron chi connectivity index (χ2n) is 9.67. The van der Waals surface area contributed by atoms with Crippen molar-refractivity contribution >= 4 is 11.5 Å². The first-order valence-corrected chi connectivity index (χ1v) is 12.1. The van der Waals surface area contributed by atoms with E-state index < -0.39 is 0 Å². The van der Waals surface area contributed by atoms with Gasteiger partial charge in [-0.2, -0.15) is 0 Å². The highest BCUT2D eigenvalue weighted by atomic mass is 15.2. The Labute approximate surface area is 201 Å². The Bertz CT molecular complexity index is 1270. The van der Waals surface area contributed by atoms with Gasteiger partial charge in [-0.3, -0.25) is 4.98 Å². The average molecular weight is 456 g/mol. The SMILES string of the molecule is Cc1cc(C)nc(Cc2nc(Cc3ccn4ccnc4c3)cc(N3CCC(N(C)C)CC3)n2)c1. The highest BCUT2D eigenvalue weighted by molar-refractivity contribution is 5.45. The van der Waals surface area contributed by atoms with Crippen molar-refractivity contribution in [2.45, 2.75) is 45.6 Å². The summed E-state index contributed by atoms with van der Waals surface area (Å²) >= 11 is 0. The zero-order chi connectivity index (χ0) is 23.7. The standard InChI is InChI=1S/C27H33N7/c1-19-13-20(2)29-22(14-19)17-25-30-23(15-21-5-9-34-12-8-28-26(34)16-21)18-27(31-25)33-10-6-24(7-11-33)32(3)4/h5,8-9,12-14,16,18,24H,6-7,10-11,15,17H2,1-4H3. The summed E-state index contributed by atoms with van der Waals surface area (Å²) < 4.78 is 2.03. The lowest BCUT2D eigenvalue weighted by Gasteiger charge is -2.36. The third-order valence-electron chi connectivity index (χ3n) is 6.67. The molecule has 0 radical (unpaired) electrons. The molecule has 5 heterocycles.